The molecule has 1 aliphatic rings. The summed E-state index contributed by atoms with van der Waals surface area (Å²) in [5.41, 5.74) is 0.292. The first-order valence-electron chi connectivity index (χ1n) is 6.17. The summed E-state index contributed by atoms with van der Waals surface area (Å²) in [5, 5.41) is 0. The predicted molar refractivity (Wildman–Crippen MR) is 63.9 cm³/mol. The molecular formula is C14H17FO2. The number of halogens is 1. The van der Waals surface area contributed by atoms with Crippen LogP contribution in [-0.2, 0) is 0 Å². The lowest BCUT2D eigenvalue weighted by Crippen LogP contribution is -2.15. The highest BCUT2D eigenvalue weighted by Crippen LogP contribution is 2.25. The van der Waals surface area contributed by atoms with Gasteiger partial charge in [-0.1, -0.05) is 19.3 Å². The number of aldehydes is 1. The van der Waals surface area contributed by atoms with Gasteiger partial charge in [-0.3, -0.25) is 4.79 Å². The Morgan fingerprint density at radius 3 is 2.76 bits per heavy atom. The Kier molecular flexibility index (Phi) is 4.13. The van der Waals surface area contributed by atoms with Crippen molar-refractivity contribution >= 4 is 6.29 Å². The van der Waals surface area contributed by atoms with Crippen LogP contribution in [0.4, 0.5) is 4.39 Å². The van der Waals surface area contributed by atoms with E-state index in [1.54, 1.807) is 0 Å². The maximum Gasteiger partial charge on any atom is 0.153 e. The van der Waals surface area contributed by atoms with Gasteiger partial charge >= 0.3 is 0 Å². The van der Waals surface area contributed by atoms with Crippen LogP contribution < -0.4 is 4.74 Å². The van der Waals surface area contributed by atoms with Gasteiger partial charge < -0.3 is 4.74 Å². The topological polar surface area (TPSA) is 26.3 Å². The molecule has 1 aromatic rings. The minimum absolute atomic E-state index is 0.292. The maximum absolute atomic E-state index is 12.9. The molecule has 0 heterocycles. The lowest BCUT2D eigenvalue weighted by Gasteiger charge is -2.22. The fourth-order valence-electron chi connectivity index (χ4n) is 2.30. The molecule has 0 radical (unpaired) electrons. The Labute approximate surface area is 101 Å². The summed E-state index contributed by atoms with van der Waals surface area (Å²) >= 11 is 0. The van der Waals surface area contributed by atoms with E-state index in [4.69, 9.17) is 4.74 Å². The SMILES string of the molecule is O=Cc1cc(F)ccc1OCC1CCCCC1. The number of ether oxygens (including phenoxy) is 1. The Hall–Kier alpha value is -1.38. The molecule has 1 fully saturated rings. The first-order valence-corrected chi connectivity index (χ1v) is 6.17. The molecule has 0 aromatic heterocycles. The number of carbonyl (C=O) groups excluding carboxylic acids is 1. The molecule has 3 heteroatoms. The summed E-state index contributed by atoms with van der Waals surface area (Å²) in [5.74, 6) is 0.664. The highest BCUT2D eigenvalue weighted by atomic mass is 19.1. The summed E-state index contributed by atoms with van der Waals surface area (Å²) in [4.78, 5) is 10.8. The van der Waals surface area contributed by atoms with Crippen LogP contribution >= 0.6 is 0 Å². The van der Waals surface area contributed by atoms with Crippen LogP contribution in [0, 0.1) is 11.7 Å². The van der Waals surface area contributed by atoms with E-state index in [-0.39, 0.29) is 0 Å². The molecule has 2 rings (SSSR count). The maximum atomic E-state index is 12.9. The van der Waals surface area contributed by atoms with Crippen LogP contribution in [-0.4, -0.2) is 12.9 Å². The summed E-state index contributed by atoms with van der Waals surface area (Å²) in [6, 6.07) is 4.06. The molecule has 0 unspecified atom stereocenters. The monoisotopic (exact) mass is 236 g/mol. The van der Waals surface area contributed by atoms with E-state index in [1.165, 1.54) is 50.3 Å². The zero-order chi connectivity index (χ0) is 12.1. The first kappa shape index (κ1) is 12.1. The second-order valence-corrected chi connectivity index (χ2v) is 4.62. The molecule has 17 heavy (non-hydrogen) atoms. The van der Waals surface area contributed by atoms with Crippen molar-refractivity contribution in [3.63, 3.8) is 0 Å². The first-order chi connectivity index (χ1) is 8.29. The van der Waals surface area contributed by atoms with Crippen molar-refractivity contribution in [2.24, 2.45) is 5.92 Å². The Morgan fingerprint density at radius 1 is 1.29 bits per heavy atom. The third-order valence-electron chi connectivity index (χ3n) is 3.30. The van der Waals surface area contributed by atoms with E-state index in [2.05, 4.69) is 0 Å². The average Bonchev–Trinajstić information content (AvgIpc) is 2.38. The molecule has 0 aliphatic heterocycles. The van der Waals surface area contributed by atoms with Crippen molar-refractivity contribution in [2.75, 3.05) is 6.61 Å². The molecule has 0 atom stereocenters. The fourth-order valence-corrected chi connectivity index (χ4v) is 2.30. The van der Waals surface area contributed by atoms with Crippen LogP contribution in [0.25, 0.3) is 0 Å². The van der Waals surface area contributed by atoms with Gasteiger partial charge in [-0.05, 0) is 37.0 Å². The van der Waals surface area contributed by atoms with Crippen LogP contribution in [0.2, 0.25) is 0 Å². The number of benzene rings is 1. The number of hydrogen-bond donors (Lipinski definition) is 0. The molecule has 0 saturated heterocycles. The van der Waals surface area contributed by atoms with Gasteiger partial charge in [0.1, 0.15) is 11.6 Å². The third kappa shape index (κ3) is 3.29. The van der Waals surface area contributed by atoms with Crippen LogP contribution in [0.1, 0.15) is 42.5 Å². The third-order valence-corrected chi connectivity index (χ3v) is 3.30. The second-order valence-electron chi connectivity index (χ2n) is 4.62. The molecular weight excluding hydrogens is 219 g/mol. The van der Waals surface area contributed by atoms with E-state index >= 15 is 0 Å². The highest BCUT2D eigenvalue weighted by Gasteiger charge is 2.14. The molecule has 2 nitrogen and oxygen atoms in total. The van der Waals surface area contributed by atoms with Crippen molar-refractivity contribution in [1.29, 1.82) is 0 Å². The van der Waals surface area contributed by atoms with Crippen molar-refractivity contribution < 1.29 is 13.9 Å². The summed E-state index contributed by atoms with van der Waals surface area (Å²) < 4.78 is 18.5. The van der Waals surface area contributed by atoms with Gasteiger partial charge in [0.2, 0.25) is 0 Å². The molecule has 1 saturated carbocycles. The zero-order valence-electron chi connectivity index (χ0n) is 9.82. The van der Waals surface area contributed by atoms with Gasteiger partial charge in [-0.2, -0.15) is 0 Å². The molecule has 0 bridgehead atoms. The van der Waals surface area contributed by atoms with Crippen molar-refractivity contribution in [1.82, 2.24) is 0 Å². The minimum Gasteiger partial charge on any atom is -0.493 e. The largest absolute Gasteiger partial charge is 0.493 e. The predicted octanol–water partition coefficient (Wildman–Crippen LogP) is 3.60. The number of rotatable bonds is 4. The molecule has 0 N–H and O–H groups in total. The van der Waals surface area contributed by atoms with Gasteiger partial charge in [-0.25, -0.2) is 4.39 Å². The number of carbonyl (C=O) groups is 1. The lowest BCUT2D eigenvalue weighted by molar-refractivity contribution is 0.111. The Bertz CT molecular complexity index is 384. The van der Waals surface area contributed by atoms with E-state index in [9.17, 15) is 9.18 Å². The zero-order valence-corrected chi connectivity index (χ0v) is 9.82. The molecule has 92 valence electrons. The summed E-state index contributed by atoms with van der Waals surface area (Å²) in [7, 11) is 0. The van der Waals surface area contributed by atoms with Gasteiger partial charge in [-0.15, -0.1) is 0 Å². The minimum atomic E-state index is -0.405. The number of hydrogen-bond acceptors (Lipinski definition) is 2. The van der Waals surface area contributed by atoms with Gasteiger partial charge in [0, 0.05) is 0 Å². The fraction of sp³-hybridized carbons (Fsp3) is 0.500. The van der Waals surface area contributed by atoms with E-state index in [1.807, 2.05) is 0 Å². The molecule has 0 amide bonds. The summed E-state index contributed by atoms with van der Waals surface area (Å²) in [6.07, 6.45) is 6.86. The highest BCUT2D eigenvalue weighted by molar-refractivity contribution is 5.79. The van der Waals surface area contributed by atoms with Crippen LogP contribution in [0.5, 0.6) is 5.75 Å². The molecule has 0 spiro atoms. The smallest absolute Gasteiger partial charge is 0.153 e. The van der Waals surface area contributed by atoms with Crippen LogP contribution in [0.15, 0.2) is 18.2 Å². The van der Waals surface area contributed by atoms with Crippen molar-refractivity contribution in [3.05, 3.63) is 29.6 Å². The van der Waals surface area contributed by atoms with E-state index < -0.39 is 5.82 Å². The molecule has 1 aliphatic carbocycles. The molecule has 1 aromatic carbocycles. The van der Waals surface area contributed by atoms with Gasteiger partial charge in [0.05, 0.1) is 12.2 Å². The standard InChI is InChI=1S/C14H17FO2/c15-13-6-7-14(12(8-13)9-16)17-10-11-4-2-1-3-5-11/h6-9,11H,1-5,10H2. The Morgan fingerprint density at radius 2 is 2.06 bits per heavy atom. The van der Waals surface area contributed by atoms with Crippen molar-refractivity contribution in [2.45, 2.75) is 32.1 Å². The van der Waals surface area contributed by atoms with Gasteiger partial charge in [0.25, 0.3) is 0 Å². The Balaban J connectivity index is 1.95. The quantitative estimate of drug-likeness (QED) is 0.747. The second kappa shape index (κ2) is 5.80. The van der Waals surface area contributed by atoms with Crippen molar-refractivity contribution in [3.8, 4) is 5.75 Å². The summed E-state index contributed by atoms with van der Waals surface area (Å²) in [6.45, 7) is 0.631. The lowest BCUT2D eigenvalue weighted by atomic mass is 9.90. The normalized spacial score (nSPS) is 16.8. The van der Waals surface area contributed by atoms with Gasteiger partial charge in [0.15, 0.2) is 6.29 Å². The van der Waals surface area contributed by atoms with Crippen LogP contribution in [0.3, 0.4) is 0 Å². The van der Waals surface area contributed by atoms with E-state index in [0.29, 0.717) is 30.1 Å². The van der Waals surface area contributed by atoms with E-state index in [0.717, 1.165) is 0 Å². The average molecular weight is 236 g/mol.